The Hall–Kier alpha value is -1.44. The summed E-state index contributed by atoms with van der Waals surface area (Å²) in [7, 11) is -3.64. The Morgan fingerprint density at radius 1 is 1.26 bits per heavy atom. The number of benzene rings is 1. The van der Waals surface area contributed by atoms with Crippen molar-refractivity contribution in [1.29, 1.82) is 0 Å². The summed E-state index contributed by atoms with van der Waals surface area (Å²) >= 11 is 0. The fourth-order valence-electron chi connectivity index (χ4n) is 1.86. The van der Waals surface area contributed by atoms with E-state index in [1.165, 1.54) is 0 Å². The molecule has 1 saturated heterocycles. The van der Waals surface area contributed by atoms with E-state index in [0.29, 0.717) is 0 Å². The first-order valence-corrected chi connectivity index (χ1v) is 7.54. The van der Waals surface area contributed by atoms with Gasteiger partial charge in [-0.05, 0) is 17.7 Å². The van der Waals surface area contributed by atoms with E-state index in [0.717, 1.165) is 28.5 Å². The van der Waals surface area contributed by atoms with Gasteiger partial charge in [-0.1, -0.05) is 31.2 Å². The fourth-order valence-corrected chi connectivity index (χ4v) is 2.95. The average molecular weight is 283 g/mol. The monoisotopic (exact) mass is 283 g/mol. The molecule has 19 heavy (non-hydrogen) atoms. The van der Waals surface area contributed by atoms with Crippen LogP contribution in [0.15, 0.2) is 24.3 Å². The van der Waals surface area contributed by atoms with Crippen molar-refractivity contribution in [3.63, 3.8) is 0 Å². The number of carbonyl (C=O) groups is 1. The molecule has 0 unspecified atom stereocenters. The van der Waals surface area contributed by atoms with Crippen LogP contribution in [0.2, 0.25) is 0 Å². The van der Waals surface area contributed by atoms with Gasteiger partial charge in [-0.25, -0.2) is 4.72 Å². The van der Waals surface area contributed by atoms with Crippen LogP contribution in [-0.2, 0) is 28.1 Å². The van der Waals surface area contributed by atoms with Crippen molar-refractivity contribution in [2.24, 2.45) is 0 Å². The molecule has 0 atom stereocenters. The van der Waals surface area contributed by atoms with Crippen molar-refractivity contribution >= 4 is 16.1 Å². The summed E-state index contributed by atoms with van der Waals surface area (Å²) in [5, 5.41) is 3.22. The van der Waals surface area contributed by atoms with E-state index in [1.807, 2.05) is 35.9 Å². The van der Waals surface area contributed by atoms with Gasteiger partial charge in [0, 0.05) is 13.1 Å². The van der Waals surface area contributed by atoms with E-state index >= 15 is 0 Å². The predicted octanol–water partition coefficient (Wildman–Crippen LogP) is -0.0273. The molecule has 0 bridgehead atoms. The standard InChI is InChI=1S/C12H17N3O3S/c1-2-13-7-10-3-5-11(6-4-10)8-15-9-12(16)14-19(15,17)18/h3-6,13H,2,7-9H2,1H3,(H,14,16). The second-order valence-electron chi connectivity index (χ2n) is 4.40. The van der Waals surface area contributed by atoms with Crippen LogP contribution in [0, 0.1) is 0 Å². The SMILES string of the molecule is CCNCc1ccc(CN2CC(=O)NS2(=O)=O)cc1. The molecule has 0 aromatic heterocycles. The third-order valence-electron chi connectivity index (χ3n) is 2.86. The zero-order valence-corrected chi connectivity index (χ0v) is 11.5. The molecule has 2 rings (SSSR count). The van der Waals surface area contributed by atoms with Crippen LogP contribution < -0.4 is 10.0 Å². The highest BCUT2D eigenvalue weighted by Crippen LogP contribution is 2.13. The zero-order valence-electron chi connectivity index (χ0n) is 10.7. The molecule has 2 N–H and O–H groups in total. The van der Waals surface area contributed by atoms with Gasteiger partial charge in [-0.15, -0.1) is 0 Å². The summed E-state index contributed by atoms with van der Waals surface area (Å²) in [6.45, 7) is 3.83. The third kappa shape index (κ3) is 3.52. The molecule has 0 radical (unpaired) electrons. The van der Waals surface area contributed by atoms with Crippen LogP contribution in [0.5, 0.6) is 0 Å². The summed E-state index contributed by atoms with van der Waals surface area (Å²) < 4.78 is 26.2. The number of rotatable bonds is 5. The molecule has 1 fully saturated rings. The zero-order chi connectivity index (χ0) is 13.9. The van der Waals surface area contributed by atoms with E-state index in [4.69, 9.17) is 0 Å². The van der Waals surface area contributed by atoms with Gasteiger partial charge in [0.1, 0.15) is 0 Å². The molecule has 1 amide bonds. The van der Waals surface area contributed by atoms with Crippen LogP contribution >= 0.6 is 0 Å². The lowest BCUT2D eigenvalue weighted by molar-refractivity contribution is -0.118. The number of amides is 1. The van der Waals surface area contributed by atoms with Crippen molar-refractivity contribution in [2.45, 2.75) is 20.0 Å². The number of nitrogens with one attached hydrogen (secondary N) is 2. The number of nitrogens with zero attached hydrogens (tertiary/aromatic N) is 1. The first kappa shape index (κ1) is 14.0. The van der Waals surface area contributed by atoms with Crippen molar-refractivity contribution < 1.29 is 13.2 Å². The second-order valence-corrected chi connectivity index (χ2v) is 6.07. The predicted molar refractivity (Wildman–Crippen MR) is 71.3 cm³/mol. The van der Waals surface area contributed by atoms with E-state index in [9.17, 15) is 13.2 Å². The molecular formula is C12H17N3O3S. The highest BCUT2D eigenvalue weighted by Gasteiger charge is 2.33. The van der Waals surface area contributed by atoms with Gasteiger partial charge >= 0.3 is 10.2 Å². The van der Waals surface area contributed by atoms with Gasteiger partial charge in [0.25, 0.3) is 0 Å². The lowest BCUT2D eigenvalue weighted by Crippen LogP contribution is -2.29. The molecule has 0 saturated carbocycles. The Bertz CT molecular complexity index is 554. The Kier molecular flexibility index (Phi) is 4.18. The highest BCUT2D eigenvalue weighted by molar-refractivity contribution is 7.88. The van der Waals surface area contributed by atoms with Crippen molar-refractivity contribution in [1.82, 2.24) is 14.3 Å². The molecule has 7 heteroatoms. The molecule has 0 aliphatic carbocycles. The minimum absolute atomic E-state index is 0.110. The van der Waals surface area contributed by atoms with Crippen LogP contribution in [0.25, 0.3) is 0 Å². The summed E-state index contributed by atoms with van der Waals surface area (Å²) in [5.74, 6) is -0.483. The van der Waals surface area contributed by atoms with Gasteiger partial charge in [-0.2, -0.15) is 12.7 Å². The normalized spacial score (nSPS) is 18.5. The summed E-state index contributed by atoms with van der Waals surface area (Å²) in [6, 6.07) is 7.67. The van der Waals surface area contributed by atoms with Crippen molar-refractivity contribution in [2.75, 3.05) is 13.1 Å². The largest absolute Gasteiger partial charge is 0.313 e. The minimum Gasteiger partial charge on any atom is -0.313 e. The average Bonchev–Trinajstić information content (AvgIpc) is 2.61. The van der Waals surface area contributed by atoms with Gasteiger partial charge in [0.15, 0.2) is 0 Å². The minimum atomic E-state index is -3.64. The maximum atomic E-state index is 11.6. The van der Waals surface area contributed by atoms with Crippen molar-refractivity contribution in [3.05, 3.63) is 35.4 Å². The number of carbonyl (C=O) groups excluding carboxylic acids is 1. The molecule has 1 aliphatic rings. The quantitative estimate of drug-likeness (QED) is 0.795. The fraction of sp³-hybridized carbons (Fsp3) is 0.417. The van der Waals surface area contributed by atoms with E-state index < -0.39 is 16.1 Å². The Balaban J connectivity index is 2.02. The summed E-state index contributed by atoms with van der Waals surface area (Å²) in [5.41, 5.74) is 2.00. The van der Waals surface area contributed by atoms with Crippen LogP contribution in [0.3, 0.4) is 0 Å². The van der Waals surface area contributed by atoms with Gasteiger partial charge in [0.05, 0.1) is 6.54 Å². The van der Waals surface area contributed by atoms with E-state index in [-0.39, 0.29) is 13.1 Å². The topological polar surface area (TPSA) is 78.5 Å². The lowest BCUT2D eigenvalue weighted by Gasteiger charge is -2.12. The molecule has 0 spiro atoms. The van der Waals surface area contributed by atoms with Gasteiger partial charge in [-0.3, -0.25) is 4.79 Å². The second kappa shape index (κ2) is 5.68. The lowest BCUT2D eigenvalue weighted by atomic mass is 10.1. The van der Waals surface area contributed by atoms with E-state index in [2.05, 4.69) is 5.32 Å². The maximum Gasteiger partial charge on any atom is 0.304 e. The Morgan fingerprint density at radius 3 is 2.42 bits per heavy atom. The van der Waals surface area contributed by atoms with Crippen LogP contribution in [0.4, 0.5) is 0 Å². The number of hydrogen-bond acceptors (Lipinski definition) is 4. The molecule has 1 aromatic rings. The first-order valence-electron chi connectivity index (χ1n) is 6.10. The maximum absolute atomic E-state index is 11.6. The molecular weight excluding hydrogens is 266 g/mol. The summed E-state index contributed by atoms with van der Waals surface area (Å²) in [6.07, 6.45) is 0. The number of hydrogen-bond donors (Lipinski definition) is 2. The van der Waals surface area contributed by atoms with Crippen molar-refractivity contribution in [3.8, 4) is 0 Å². The molecule has 1 heterocycles. The Morgan fingerprint density at radius 2 is 1.89 bits per heavy atom. The Labute approximate surface area is 113 Å². The molecule has 1 aliphatic heterocycles. The third-order valence-corrected chi connectivity index (χ3v) is 4.29. The van der Waals surface area contributed by atoms with E-state index in [1.54, 1.807) is 0 Å². The van der Waals surface area contributed by atoms with Gasteiger partial charge in [0.2, 0.25) is 5.91 Å². The van der Waals surface area contributed by atoms with Gasteiger partial charge < -0.3 is 5.32 Å². The molecule has 6 nitrogen and oxygen atoms in total. The van der Waals surface area contributed by atoms with Crippen LogP contribution in [0.1, 0.15) is 18.1 Å². The first-order chi connectivity index (χ1) is 9.01. The summed E-state index contributed by atoms with van der Waals surface area (Å²) in [4.78, 5) is 11.1. The van der Waals surface area contributed by atoms with Crippen LogP contribution in [-0.4, -0.2) is 31.7 Å². The molecule has 1 aromatic carbocycles. The smallest absolute Gasteiger partial charge is 0.304 e. The highest BCUT2D eigenvalue weighted by atomic mass is 32.2. The molecule has 104 valence electrons.